The number of ether oxygens (including phenoxy) is 1. The zero-order valence-electron chi connectivity index (χ0n) is 12.0. The number of rotatable bonds is 6. The number of benzene rings is 1. The molecule has 0 aliphatic carbocycles. The van der Waals surface area contributed by atoms with Crippen LogP contribution in [0.25, 0.3) is 0 Å². The van der Waals surface area contributed by atoms with Crippen LogP contribution >= 0.6 is 0 Å². The maximum absolute atomic E-state index is 12.2. The molecule has 3 N–H and O–H groups in total. The third-order valence-corrected chi connectivity index (χ3v) is 2.63. The van der Waals surface area contributed by atoms with Gasteiger partial charge in [0.1, 0.15) is 5.75 Å². The van der Waals surface area contributed by atoms with E-state index in [9.17, 15) is 18.0 Å². The zero-order chi connectivity index (χ0) is 16.0. The van der Waals surface area contributed by atoms with Gasteiger partial charge in [-0.25, -0.2) is 0 Å². The Hall–Kier alpha value is -1.76. The van der Waals surface area contributed by atoms with E-state index < -0.39 is 12.8 Å². The number of carbonyl (C=O) groups is 1. The van der Waals surface area contributed by atoms with E-state index in [1.807, 2.05) is 0 Å². The Morgan fingerprint density at radius 3 is 2.67 bits per heavy atom. The summed E-state index contributed by atoms with van der Waals surface area (Å²) in [5.74, 6) is -0.311. The van der Waals surface area contributed by atoms with Crippen LogP contribution in [-0.2, 0) is 4.79 Å². The molecule has 1 atom stereocenters. The van der Waals surface area contributed by atoms with Gasteiger partial charge in [0, 0.05) is 12.5 Å². The van der Waals surface area contributed by atoms with Crippen molar-refractivity contribution in [3.05, 3.63) is 23.8 Å². The lowest BCUT2D eigenvalue weighted by Gasteiger charge is -2.15. The van der Waals surface area contributed by atoms with Crippen molar-refractivity contribution >= 4 is 11.6 Å². The fraction of sp³-hybridized carbons (Fsp3) is 0.500. The van der Waals surface area contributed by atoms with Gasteiger partial charge in [0.2, 0.25) is 5.91 Å². The van der Waals surface area contributed by atoms with Gasteiger partial charge < -0.3 is 15.8 Å². The predicted octanol–water partition coefficient (Wildman–Crippen LogP) is 3.00. The molecular weight excluding hydrogens is 285 g/mol. The summed E-state index contributed by atoms with van der Waals surface area (Å²) in [6.07, 6.45) is -3.74. The van der Waals surface area contributed by atoms with Crippen LogP contribution in [0, 0.1) is 6.92 Å². The van der Waals surface area contributed by atoms with Crippen molar-refractivity contribution in [1.29, 1.82) is 0 Å². The normalized spacial score (nSPS) is 12.9. The summed E-state index contributed by atoms with van der Waals surface area (Å²) >= 11 is 0. The quantitative estimate of drug-likeness (QED) is 0.849. The van der Waals surface area contributed by atoms with Gasteiger partial charge in [0.15, 0.2) is 6.61 Å². The van der Waals surface area contributed by atoms with Crippen LogP contribution in [0.15, 0.2) is 18.2 Å². The highest BCUT2D eigenvalue weighted by Gasteiger charge is 2.29. The van der Waals surface area contributed by atoms with Gasteiger partial charge in [-0.05, 0) is 38.0 Å². The molecule has 4 nitrogen and oxygen atoms in total. The molecule has 1 unspecified atom stereocenters. The molecule has 0 spiro atoms. The Bertz CT molecular complexity index is 488. The summed E-state index contributed by atoms with van der Waals surface area (Å²) in [6, 6.07) is 4.54. The molecule has 0 aromatic heterocycles. The fourth-order valence-corrected chi connectivity index (χ4v) is 1.58. The summed E-state index contributed by atoms with van der Waals surface area (Å²) in [5.41, 5.74) is 6.51. The fourth-order valence-electron chi connectivity index (χ4n) is 1.58. The van der Waals surface area contributed by atoms with Crippen LogP contribution in [0.2, 0.25) is 0 Å². The molecule has 0 bridgehead atoms. The average molecular weight is 304 g/mol. The van der Waals surface area contributed by atoms with Gasteiger partial charge in [-0.1, -0.05) is 6.07 Å². The summed E-state index contributed by atoms with van der Waals surface area (Å²) in [6.45, 7) is 2.10. The standard InChI is InChI=1S/C14H19F3N2O2/c1-9-3-5-11(19-13(20)6-4-10(2)18)12(7-9)21-8-14(15,16)17/h3,5,7,10H,4,6,8,18H2,1-2H3,(H,19,20). The third-order valence-electron chi connectivity index (χ3n) is 2.63. The smallest absolute Gasteiger partial charge is 0.422 e. The summed E-state index contributed by atoms with van der Waals surface area (Å²) in [7, 11) is 0. The van der Waals surface area contributed by atoms with Crippen molar-refractivity contribution in [1.82, 2.24) is 0 Å². The van der Waals surface area contributed by atoms with Crippen LogP contribution in [0.4, 0.5) is 18.9 Å². The Morgan fingerprint density at radius 1 is 1.43 bits per heavy atom. The predicted molar refractivity (Wildman–Crippen MR) is 74.2 cm³/mol. The van der Waals surface area contributed by atoms with Crippen molar-refractivity contribution in [2.24, 2.45) is 5.73 Å². The highest BCUT2D eigenvalue weighted by Crippen LogP contribution is 2.28. The van der Waals surface area contributed by atoms with E-state index in [1.54, 1.807) is 19.9 Å². The van der Waals surface area contributed by atoms with Crippen LogP contribution in [0.1, 0.15) is 25.3 Å². The van der Waals surface area contributed by atoms with E-state index in [4.69, 9.17) is 10.5 Å². The van der Waals surface area contributed by atoms with Crippen LogP contribution in [0.5, 0.6) is 5.75 Å². The molecule has 0 saturated heterocycles. The van der Waals surface area contributed by atoms with E-state index in [2.05, 4.69) is 5.32 Å². The molecule has 1 rings (SSSR count). The first-order valence-electron chi connectivity index (χ1n) is 6.53. The lowest BCUT2D eigenvalue weighted by Crippen LogP contribution is -2.21. The highest BCUT2D eigenvalue weighted by molar-refractivity contribution is 5.92. The summed E-state index contributed by atoms with van der Waals surface area (Å²) in [5, 5.41) is 2.54. The second-order valence-corrected chi connectivity index (χ2v) is 4.97. The van der Waals surface area contributed by atoms with Crippen molar-refractivity contribution in [3.8, 4) is 5.75 Å². The van der Waals surface area contributed by atoms with Crippen LogP contribution in [-0.4, -0.2) is 24.7 Å². The number of amides is 1. The second kappa shape index (κ2) is 7.31. The Labute approximate surface area is 121 Å². The first-order chi connectivity index (χ1) is 9.67. The number of carbonyl (C=O) groups excluding carboxylic acids is 1. The maximum atomic E-state index is 12.2. The van der Waals surface area contributed by atoms with E-state index in [0.29, 0.717) is 6.42 Å². The monoisotopic (exact) mass is 304 g/mol. The molecule has 21 heavy (non-hydrogen) atoms. The Morgan fingerprint density at radius 2 is 2.10 bits per heavy atom. The SMILES string of the molecule is Cc1ccc(NC(=O)CCC(C)N)c(OCC(F)(F)F)c1. The molecule has 0 radical (unpaired) electrons. The molecule has 1 aromatic rings. The maximum Gasteiger partial charge on any atom is 0.422 e. The number of anilines is 1. The molecule has 0 fully saturated rings. The number of nitrogens with one attached hydrogen (secondary N) is 1. The zero-order valence-corrected chi connectivity index (χ0v) is 12.0. The van der Waals surface area contributed by atoms with Crippen molar-refractivity contribution in [2.45, 2.75) is 38.9 Å². The van der Waals surface area contributed by atoms with Crippen LogP contribution in [0.3, 0.4) is 0 Å². The molecule has 7 heteroatoms. The lowest BCUT2D eigenvalue weighted by molar-refractivity contribution is -0.153. The highest BCUT2D eigenvalue weighted by atomic mass is 19.4. The molecule has 1 aromatic carbocycles. The first kappa shape index (κ1) is 17.3. The van der Waals surface area contributed by atoms with Gasteiger partial charge in [-0.2, -0.15) is 13.2 Å². The number of hydrogen-bond donors (Lipinski definition) is 2. The average Bonchev–Trinajstić information content (AvgIpc) is 2.35. The van der Waals surface area contributed by atoms with E-state index >= 15 is 0 Å². The van der Waals surface area contributed by atoms with Gasteiger partial charge in [0.25, 0.3) is 0 Å². The number of hydrogen-bond acceptors (Lipinski definition) is 3. The minimum absolute atomic E-state index is 0.00136. The Balaban J connectivity index is 2.74. The van der Waals surface area contributed by atoms with E-state index in [1.165, 1.54) is 12.1 Å². The molecule has 0 aliphatic heterocycles. The van der Waals surface area contributed by atoms with Gasteiger partial charge in [0.05, 0.1) is 5.69 Å². The van der Waals surface area contributed by atoms with Gasteiger partial charge in [-0.3, -0.25) is 4.79 Å². The van der Waals surface area contributed by atoms with Crippen molar-refractivity contribution in [3.63, 3.8) is 0 Å². The molecule has 0 saturated carbocycles. The van der Waals surface area contributed by atoms with Crippen LogP contribution < -0.4 is 15.8 Å². The van der Waals surface area contributed by atoms with Crippen molar-refractivity contribution in [2.75, 3.05) is 11.9 Å². The third kappa shape index (κ3) is 6.99. The van der Waals surface area contributed by atoms with Gasteiger partial charge in [-0.15, -0.1) is 0 Å². The summed E-state index contributed by atoms with van der Waals surface area (Å²) < 4.78 is 41.4. The number of aryl methyl sites for hydroxylation is 1. The largest absolute Gasteiger partial charge is 0.482 e. The number of nitrogens with two attached hydrogens (primary N) is 1. The van der Waals surface area contributed by atoms with E-state index in [0.717, 1.165) is 5.56 Å². The second-order valence-electron chi connectivity index (χ2n) is 4.97. The summed E-state index contributed by atoms with van der Waals surface area (Å²) in [4.78, 5) is 11.7. The number of halogens is 3. The number of alkyl halides is 3. The molecule has 0 aliphatic rings. The topological polar surface area (TPSA) is 64.4 Å². The minimum atomic E-state index is -4.43. The Kier molecular flexibility index (Phi) is 6.02. The van der Waals surface area contributed by atoms with Gasteiger partial charge >= 0.3 is 6.18 Å². The first-order valence-corrected chi connectivity index (χ1v) is 6.53. The lowest BCUT2D eigenvalue weighted by atomic mass is 10.1. The minimum Gasteiger partial charge on any atom is -0.482 e. The molecule has 1 amide bonds. The molecular formula is C14H19F3N2O2. The molecule has 0 heterocycles. The van der Waals surface area contributed by atoms with Crippen molar-refractivity contribution < 1.29 is 22.7 Å². The van der Waals surface area contributed by atoms with E-state index in [-0.39, 0.29) is 29.8 Å². The molecule has 118 valence electrons.